The molecule has 0 aliphatic carbocycles. The van der Waals surface area contributed by atoms with Gasteiger partial charge in [-0.05, 0) is 48.7 Å². The number of ether oxygens (including phenoxy) is 1. The van der Waals surface area contributed by atoms with E-state index in [0.717, 1.165) is 15.8 Å². The fraction of sp³-hybridized carbons (Fsp3) is 0.300. The van der Waals surface area contributed by atoms with Crippen LogP contribution in [-0.4, -0.2) is 127 Å². The Morgan fingerprint density at radius 3 is 2.55 bits per heavy atom. The number of nitrogens with zero attached hydrogens (tertiary/aromatic N) is 6. The number of piperidine rings is 1. The van der Waals surface area contributed by atoms with Crippen molar-refractivity contribution in [1.82, 2.24) is 50.5 Å². The lowest BCUT2D eigenvalue weighted by atomic mass is 10.0. The highest BCUT2D eigenvalue weighted by molar-refractivity contribution is 6.24. The number of rotatable bonds is 14. The van der Waals surface area contributed by atoms with Crippen LogP contribution in [0.15, 0.2) is 67.3 Å². The Labute approximate surface area is 341 Å². The van der Waals surface area contributed by atoms with E-state index in [9.17, 15) is 33.6 Å². The zero-order chi connectivity index (χ0) is 41.8. The van der Waals surface area contributed by atoms with Crippen molar-refractivity contribution in [3.8, 4) is 5.75 Å². The van der Waals surface area contributed by atoms with Crippen LogP contribution in [0.5, 0.6) is 5.75 Å². The van der Waals surface area contributed by atoms with Gasteiger partial charge >= 0.3 is 0 Å². The van der Waals surface area contributed by atoms with E-state index >= 15 is 0 Å². The second kappa shape index (κ2) is 17.2. The van der Waals surface area contributed by atoms with Crippen LogP contribution in [0, 0.1) is 0 Å². The molecule has 20 nitrogen and oxygen atoms in total. The van der Waals surface area contributed by atoms with E-state index in [2.05, 4.69) is 51.3 Å². The van der Waals surface area contributed by atoms with Crippen molar-refractivity contribution in [3.63, 3.8) is 0 Å². The first-order valence-corrected chi connectivity index (χ1v) is 19.4. The number of carbonyl (C=O) groups excluding carboxylic acids is 7. The maximum absolute atomic E-state index is 13.2. The molecule has 20 heteroatoms. The Hall–Kier alpha value is -7.48. The predicted molar refractivity (Wildman–Crippen MR) is 213 cm³/mol. The van der Waals surface area contributed by atoms with Gasteiger partial charge in [-0.15, -0.1) is 0 Å². The second-order valence-electron chi connectivity index (χ2n) is 14.4. The van der Waals surface area contributed by atoms with Crippen LogP contribution < -0.4 is 26.0 Å². The fourth-order valence-corrected chi connectivity index (χ4v) is 7.38. The molecule has 2 aromatic carbocycles. The van der Waals surface area contributed by atoms with Crippen LogP contribution in [0.25, 0.3) is 11.0 Å². The average Bonchev–Trinajstić information content (AvgIpc) is 3.99. The van der Waals surface area contributed by atoms with E-state index in [1.165, 1.54) is 30.7 Å². The van der Waals surface area contributed by atoms with Gasteiger partial charge in [-0.3, -0.25) is 53.8 Å². The third kappa shape index (κ3) is 8.39. The largest absolute Gasteiger partial charge is 0.483 e. The van der Waals surface area contributed by atoms with Crippen LogP contribution in [0.2, 0.25) is 0 Å². The summed E-state index contributed by atoms with van der Waals surface area (Å²) in [7, 11) is 0. The van der Waals surface area contributed by atoms with Crippen LogP contribution in [0.4, 0.5) is 17.2 Å². The lowest BCUT2D eigenvalue weighted by Crippen LogP contribution is -2.54. The highest BCUT2D eigenvalue weighted by Crippen LogP contribution is 2.33. The minimum atomic E-state index is -1.12. The zero-order valence-corrected chi connectivity index (χ0v) is 32.2. The number of anilines is 3. The van der Waals surface area contributed by atoms with Gasteiger partial charge in [0.15, 0.2) is 6.61 Å². The SMILES string of the molecule is O=C(COc1cccc2c1C(=O)N(C1CCC(=O)NC1=O)C2=O)NCCCC(=O)N1CCN(Cc2ccc(NC(=O)c3[nH]ncc3Nc3ncnc4[nH]ccc34)cc2)CC1. The molecule has 3 aromatic heterocycles. The van der Waals surface area contributed by atoms with Crippen LogP contribution in [0.1, 0.15) is 62.5 Å². The Kier molecular flexibility index (Phi) is 11.3. The first-order chi connectivity index (χ1) is 29.1. The number of hydrogen-bond acceptors (Lipinski definition) is 13. The number of piperazine rings is 1. The summed E-state index contributed by atoms with van der Waals surface area (Å²) in [5, 5.41) is 18.5. The molecule has 60 heavy (non-hydrogen) atoms. The molecule has 5 aromatic rings. The van der Waals surface area contributed by atoms with Gasteiger partial charge in [0.25, 0.3) is 23.6 Å². The minimum Gasteiger partial charge on any atom is -0.483 e. The van der Waals surface area contributed by atoms with E-state index < -0.39 is 42.2 Å². The van der Waals surface area contributed by atoms with Gasteiger partial charge in [-0.2, -0.15) is 5.10 Å². The second-order valence-corrected chi connectivity index (χ2v) is 14.4. The molecule has 6 heterocycles. The summed E-state index contributed by atoms with van der Waals surface area (Å²) < 4.78 is 5.63. The highest BCUT2D eigenvalue weighted by Gasteiger charge is 2.46. The molecular formula is C40H40N12O8. The summed E-state index contributed by atoms with van der Waals surface area (Å²) in [6.45, 7) is 3.01. The van der Waals surface area contributed by atoms with Crippen molar-refractivity contribution in [2.45, 2.75) is 38.3 Å². The molecule has 2 saturated heterocycles. The smallest absolute Gasteiger partial charge is 0.275 e. The molecule has 3 aliphatic rings. The number of aromatic amines is 2. The first kappa shape index (κ1) is 39.4. The Morgan fingerprint density at radius 2 is 1.75 bits per heavy atom. The molecule has 0 saturated carbocycles. The molecule has 1 atom stereocenters. The number of carbonyl (C=O) groups is 7. The lowest BCUT2D eigenvalue weighted by molar-refractivity contribution is -0.136. The first-order valence-electron chi connectivity index (χ1n) is 19.4. The van der Waals surface area contributed by atoms with Crippen molar-refractivity contribution in [2.75, 3.05) is 50.0 Å². The van der Waals surface area contributed by atoms with Gasteiger partial charge in [0, 0.05) is 64.0 Å². The Bertz CT molecular complexity index is 2490. The Balaban J connectivity index is 0.730. The molecule has 3 aliphatic heterocycles. The number of aromatic nitrogens is 5. The van der Waals surface area contributed by atoms with Gasteiger partial charge in [-0.25, -0.2) is 9.97 Å². The lowest BCUT2D eigenvalue weighted by Gasteiger charge is -2.35. The van der Waals surface area contributed by atoms with E-state index in [1.807, 2.05) is 35.2 Å². The van der Waals surface area contributed by atoms with Crippen molar-refractivity contribution in [1.29, 1.82) is 0 Å². The molecule has 0 radical (unpaired) electrons. The molecule has 1 unspecified atom stereocenters. The van der Waals surface area contributed by atoms with Gasteiger partial charge in [0.2, 0.25) is 17.7 Å². The van der Waals surface area contributed by atoms with Crippen LogP contribution in [-0.2, 0) is 25.7 Å². The average molecular weight is 817 g/mol. The number of imide groups is 2. The Morgan fingerprint density at radius 1 is 0.933 bits per heavy atom. The van der Waals surface area contributed by atoms with Crippen LogP contribution in [0.3, 0.4) is 0 Å². The maximum atomic E-state index is 13.2. The van der Waals surface area contributed by atoms with Crippen molar-refractivity contribution < 1.29 is 38.3 Å². The van der Waals surface area contributed by atoms with Crippen molar-refractivity contribution in [3.05, 3.63) is 89.6 Å². The molecule has 8 rings (SSSR count). The van der Waals surface area contributed by atoms with Crippen molar-refractivity contribution >= 4 is 69.6 Å². The minimum absolute atomic E-state index is 0.00173. The molecule has 0 spiro atoms. The molecule has 2 fully saturated rings. The normalized spacial score (nSPS) is 16.8. The van der Waals surface area contributed by atoms with E-state index in [0.29, 0.717) is 62.0 Å². The highest BCUT2D eigenvalue weighted by atomic mass is 16.5. The van der Waals surface area contributed by atoms with Crippen molar-refractivity contribution in [2.24, 2.45) is 0 Å². The summed E-state index contributed by atoms with van der Waals surface area (Å²) >= 11 is 0. The number of H-pyrrole nitrogens is 2. The summed E-state index contributed by atoms with van der Waals surface area (Å²) in [4.78, 5) is 105. The summed E-state index contributed by atoms with van der Waals surface area (Å²) in [6, 6.07) is 12.7. The molecule has 7 amide bonds. The van der Waals surface area contributed by atoms with E-state index in [-0.39, 0.29) is 60.2 Å². The van der Waals surface area contributed by atoms with Gasteiger partial charge in [0.1, 0.15) is 35.3 Å². The fourth-order valence-electron chi connectivity index (χ4n) is 7.38. The zero-order valence-electron chi connectivity index (χ0n) is 32.2. The van der Waals surface area contributed by atoms with Gasteiger partial charge < -0.3 is 30.6 Å². The molecular weight excluding hydrogens is 777 g/mol. The number of hydrogen-bond donors (Lipinski definition) is 6. The number of amides is 7. The summed E-state index contributed by atoms with van der Waals surface area (Å²) in [5.41, 5.74) is 3.06. The quantitative estimate of drug-likeness (QED) is 0.0690. The molecule has 308 valence electrons. The number of benzene rings is 2. The third-order valence-corrected chi connectivity index (χ3v) is 10.5. The number of nitrogens with one attached hydrogen (secondary N) is 6. The van der Waals surface area contributed by atoms with E-state index in [1.54, 1.807) is 6.20 Å². The summed E-state index contributed by atoms with van der Waals surface area (Å²) in [6.07, 6.45) is 5.39. The summed E-state index contributed by atoms with van der Waals surface area (Å²) in [5.74, 6) is -2.87. The topological polar surface area (TPSA) is 257 Å². The number of fused-ring (bicyclic) bond motifs is 2. The van der Waals surface area contributed by atoms with Gasteiger partial charge in [0.05, 0.1) is 28.4 Å². The molecule has 0 bridgehead atoms. The standard InChI is InChI=1S/C40H40N12O8/c53-30-11-10-28(37(56)48-30)52-39(58)25-3-1-4-29(33(25)40(52)59)60-21-31(54)41-13-2-5-32(55)51-17-15-50(16-18-51)20-23-6-8-24(9-7-23)46-38(57)34-27(19-45-49-34)47-36-26-12-14-42-35(26)43-22-44-36/h1,3-4,6-9,12,14,19,22,28H,2,5,10-11,13,15-18,20-21H2,(H,41,54)(H,45,49)(H,46,57)(H,48,53,56)(H2,42,43,44,47). The van der Waals surface area contributed by atoms with Gasteiger partial charge in [-0.1, -0.05) is 18.2 Å². The predicted octanol–water partition coefficient (Wildman–Crippen LogP) is 1.70. The molecule has 6 N–H and O–H groups in total. The maximum Gasteiger partial charge on any atom is 0.275 e. The third-order valence-electron chi connectivity index (χ3n) is 10.5. The van der Waals surface area contributed by atoms with Crippen LogP contribution >= 0.6 is 0 Å². The van der Waals surface area contributed by atoms with E-state index in [4.69, 9.17) is 4.74 Å². The monoisotopic (exact) mass is 816 g/mol.